The fourth-order valence-corrected chi connectivity index (χ4v) is 3.07. The molecule has 0 saturated carbocycles. The minimum Gasteiger partial charge on any atom is -0.468 e. The Labute approximate surface area is 127 Å². The Bertz CT molecular complexity index is 672. The summed E-state index contributed by atoms with van der Waals surface area (Å²) >= 11 is 0. The van der Waals surface area contributed by atoms with Gasteiger partial charge in [0.2, 0.25) is 5.91 Å². The highest BCUT2D eigenvalue weighted by Gasteiger charge is 2.35. The lowest BCUT2D eigenvalue weighted by Gasteiger charge is -2.29. The number of rotatable bonds is 2. The van der Waals surface area contributed by atoms with E-state index in [9.17, 15) is 4.79 Å². The Morgan fingerprint density at radius 3 is 3.23 bits per heavy atom. The van der Waals surface area contributed by atoms with Gasteiger partial charge >= 0.3 is 0 Å². The van der Waals surface area contributed by atoms with Gasteiger partial charge in [0.05, 0.1) is 18.0 Å². The summed E-state index contributed by atoms with van der Waals surface area (Å²) < 4.78 is 5.39. The van der Waals surface area contributed by atoms with Crippen LogP contribution in [0, 0.1) is 0 Å². The van der Waals surface area contributed by atoms with E-state index in [4.69, 9.17) is 4.42 Å². The third kappa shape index (κ3) is 2.38. The van der Waals surface area contributed by atoms with Gasteiger partial charge in [0.25, 0.3) is 0 Å². The van der Waals surface area contributed by atoms with Crippen LogP contribution in [0.25, 0.3) is 0 Å². The van der Waals surface area contributed by atoms with E-state index in [-0.39, 0.29) is 18.0 Å². The average molecular weight is 299 g/mol. The highest BCUT2D eigenvalue weighted by atomic mass is 16.3. The minimum atomic E-state index is -0.235. The molecule has 0 bridgehead atoms. The molecule has 7 heteroatoms. The number of hydrazine groups is 1. The smallest absolute Gasteiger partial charge is 0.241 e. The van der Waals surface area contributed by atoms with Gasteiger partial charge in [-0.3, -0.25) is 4.79 Å². The van der Waals surface area contributed by atoms with E-state index in [1.165, 1.54) is 0 Å². The highest BCUT2D eigenvalue weighted by Crippen LogP contribution is 2.24. The Hall–Kier alpha value is -2.25. The van der Waals surface area contributed by atoms with Crippen LogP contribution >= 0.6 is 0 Å². The zero-order valence-electron chi connectivity index (χ0n) is 12.0. The van der Waals surface area contributed by atoms with Gasteiger partial charge in [-0.15, -0.1) is 0 Å². The molecule has 2 aromatic rings. The number of hydrogen-bond donors (Lipinski definition) is 2. The maximum Gasteiger partial charge on any atom is 0.241 e. The summed E-state index contributed by atoms with van der Waals surface area (Å²) in [5, 5.41) is 0. The zero-order chi connectivity index (χ0) is 14.9. The van der Waals surface area contributed by atoms with Crippen LogP contribution in [-0.4, -0.2) is 33.4 Å². The van der Waals surface area contributed by atoms with Gasteiger partial charge in [0.1, 0.15) is 18.1 Å². The first-order valence-electron chi connectivity index (χ1n) is 7.42. The number of furan rings is 1. The van der Waals surface area contributed by atoms with E-state index in [0.717, 1.165) is 23.4 Å². The van der Waals surface area contributed by atoms with Crippen LogP contribution in [0.1, 0.15) is 29.5 Å². The topological polar surface area (TPSA) is 83.3 Å². The van der Waals surface area contributed by atoms with E-state index < -0.39 is 0 Å². The van der Waals surface area contributed by atoms with Gasteiger partial charge in [-0.25, -0.2) is 20.8 Å². The number of aromatic nitrogens is 2. The first-order valence-corrected chi connectivity index (χ1v) is 7.42. The lowest BCUT2D eigenvalue weighted by molar-refractivity contribution is -0.134. The van der Waals surface area contributed by atoms with Crippen molar-refractivity contribution in [3.05, 3.63) is 47.9 Å². The fraction of sp³-hybridized carbons (Fsp3) is 0.400. The third-order valence-electron chi connectivity index (χ3n) is 4.26. The van der Waals surface area contributed by atoms with E-state index in [2.05, 4.69) is 20.8 Å². The van der Waals surface area contributed by atoms with Crippen LogP contribution in [0.4, 0.5) is 0 Å². The van der Waals surface area contributed by atoms with E-state index in [0.29, 0.717) is 19.5 Å². The van der Waals surface area contributed by atoms with Crippen molar-refractivity contribution >= 4 is 5.91 Å². The molecular formula is C15H17N5O2. The van der Waals surface area contributed by atoms with Gasteiger partial charge in [0.15, 0.2) is 0 Å². The second-order valence-corrected chi connectivity index (χ2v) is 5.65. The van der Waals surface area contributed by atoms with E-state index in [1.54, 1.807) is 18.8 Å². The molecule has 2 aliphatic rings. The van der Waals surface area contributed by atoms with Gasteiger partial charge < -0.3 is 9.32 Å². The summed E-state index contributed by atoms with van der Waals surface area (Å²) in [4.78, 5) is 22.9. The number of hydrogen-bond acceptors (Lipinski definition) is 6. The summed E-state index contributed by atoms with van der Waals surface area (Å²) in [5.41, 5.74) is 8.30. The molecule has 0 aliphatic carbocycles. The first kappa shape index (κ1) is 13.4. The van der Waals surface area contributed by atoms with Crippen molar-refractivity contribution in [3.8, 4) is 0 Å². The second-order valence-electron chi connectivity index (χ2n) is 5.65. The predicted octanol–water partition coefficient (Wildman–Crippen LogP) is 0.562. The van der Waals surface area contributed by atoms with Crippen LogP contribution in [0.5, 0.6) is 0 Å². The number of nitrogens with one attached hydrogen (secondary N) is 2. The highest BCUT2D eigenvalue weighted by molar-refractivity contribution is 5.82. The Morgan fingerprint density at radius 1 is 1.41 bits per heavy atom. The van der Waals surface area contributed by atoms with E-state index in [1.807, 2.05) is 17.0 Å². The number of carbonyl (C=O) groups excluding carboxylic acids is 1. The molecule has 4 heterocycles. The van der Waals surface area contributed by atoms with Gasteiger partial charge in [-0.05, 0) is 18.6 Å². The third-order valence-corrected chi connectivity index (χ3v) is 4.26. The number of amides is 1. The molecule has 2 unspecified atom stereocenters. The summed E-state index contributed by atoms with van der Waals surface area (Å²) in [6.45, 7) is 1.28. The van der Waals surface area contributed by atoms with Crippen molar-refractivity contribution in [2.75, 3.05) is 6.54 Å². The maximum atomic E-state index is 12.7. The van der Waals surface area contributed by atoms with Crippen LogP contribution in [0.15, 0.2) is 35.3 Å². The summed E-state index contributed by atoms with van der Waals surface area (Å²) in [7, 11) is 0. The molecule has 0 radical (unpaired) electrons. The molecule has 2 atom stereocenters. The molecule has 1 fully saturated rings. The van der Waals surface area contributed by atoms with Crippen molar-refractivity contribution in [2.24, 2.45) is 0 Å². The predicted molar refractivity (Wildman–Crippen MR) is 77.3 cm³/mol. The summed E-state index contributed by atoms with van der Waals surface area (Å²) in [6.07, 6.45) is 6.47. The van der Waals surface area contributed by atoms with Crippen molar-refractivity contribution in [2.45, 2.75) is 31.5 Å². The molecule has 2 aliphatic heterocycles. The van der Waals surface area contributed by atoms with Gasteiger partial charge in [0, 0.05) is 31.3 Å². The maximum absolute atomic E-state index is 12.7. The quantitative estimate of drug-likeness (QED) is 0.843. The van der Waals surface area contributed by atoms with Crippen LogP contribution in [-0.2, 0) is 17.8 Å². The van der Waals surface area contributed by atoms with Gasteiger partial charge in [-0.1, -0.05) is 0 Å². The Balaban J connectivity index is 1.43. The standard InChI is InChI=1S/C15H17N5O2/c21-15(13-6-12(18-19-13)14-2-1-5-22-14)20-4-3-11-10(8-20)7-16-9-17-11/h1-2,5,7,9,12-13,18-19H,3-4,6,8H2. The first-order chi connectivity index (χ1) is 10.8. The minimum absolute atomic E-state index is 0.0318. The molecule has 7 nitrogen and oxygen atoms in total. The monoisotopic (exact) mass is 299 g/mol. The van der Waals surface area contributed by atoms with Crippen LogP contribution in [0.3, 0.4) is 0 Å². The Morgan fingerprint density at radius 2 is 2.36 bits per heavy atom. The van der Waals surface area contributed by atoms with Crippen LogP contribution < -0.4 is 10.9 Å². The van der Waals surface area contributed by atoms with E-state index >= 15 is 0 Å². The lowest BCUT2D eigenvalue weighted by atomic mass is 10.0. The largest absolute Gasteiger partial charge is 0.468 e. The number of nitrogens with zero attached hydrogens (tertiary/aromatic N) is 3. The van der Waals surface area contributed by atoms with Crippen molar-refractivity contribution < 1.29 is 9.21 Å². The molecule has 22 heavy (non-hydrogen) atoms. The molecule has 1 amide bonds. The number of carbonyl (C=O) groups is 1. The normalized spacial score (nSPS) is 24.3. The van der Waals surface area contributed by atoms with Crippen molar-refractivity contribution in [1.82, 2.24) is 25.7 Å². The zero-order valence-corrected chi connectivity index (χ0v) is 12.0. The van der Waals surface area contributed by atoms with Crippen LogP contribution in [0.2, 0.25) is 0 Å². The average Bonchev–Trinajstić information content (AvgIpc) is 3.24. The lowest BCUT2D eigenvalue weighted by Crippen LogP contribution is -2.47. The molecule has 2 aromatic heterocycles. The second kappa shape index (κ2) is 5.51. The molecule has 0 aromatic carbocycles. The number of fused-ring (bicyclic) bond motifs is 1. The molecule has 1 saturated heterocycles. The summed E-state index contributed by atoms with van der Waals surface area (Å²) in [6, 6.07) is 3.57. The molecular weight excluding hydrogens is 282 g/mol. The molecule has 114 valence electrons. The van der Waals surface area contributed by atoms with Crippen molar-refractivity contribution in [1.29, 1.82) is 0 Å². The van der Waals surface area contributed by atoms with Crippen molar-refractivity contribution in [3.63, 3.8) is 0 Å². The molecule has 4 rings (SSSR count). The molecule has 2 N–H and O–H groups in total. The Kier molecular flexibility index (Phi) is 3.36. The van der Waals surface area contributed by atoms with Gasteiger partial charge in [-0.2, -0.15) is 0 Å². The SMILES string of the molecule is O=C(C1CC(c2ccco2)NN1)N1CCc2ncncc2C1. The fourth-order valence-electron chi connectivity index (χ4n) is 3.07. The molecule has 0 spiro atoms. The summed E-state index contributed by atoms with van der Waals surface area (Å²) in [5.74, 6) is 0.955.